The van der Waals surface area contributed by atoms with Gasteiger partial charge in [0, 0.05) is 11.1 Å². The maximum atomic E-state index is 7.22. The summed E-state index contributed by atoms with van der Waals surface area (Å²) in [5.41, 5.74) is 0. The van der Waals surface area contributed by atoms with Crippen molar-refractivity contribution in [1.29, 1.82) is 0 Å². The van der Waals surface area contributed by atoms with Gasteiger partial charge in [-0.1, -0.05) is 0 Å². The standard InChI is InChI=1S/C5H6Br2N2O/c1-9-4(7)3(6)8-5(9)10-2/h1-2H3/i1D3,2D3. The van der Waals surface area contributed by atoms with E-state index in [0.29, 0.717) is 4.57 Å². The zero-order valence-corrected chi connectivity index (χ0v) is 7.73. The summed E-state index contributed by atoms with van der Waals surface area (Å²) in [6.07, 6.45) is 0. The molecule has 0 unspecified atom stereocenters. The Morgan fingerprint density at radius 1 is 1.70 bits per heavy atom. The van der Waals surface area contributed by atoms with Crippen LogP contribution in [-0.2, 0) is 6.98 Å². The maximum absolute atomic E-state index is 7.22. The summed E-state index contributed by atoms with van der Waals surface area (Å²) < 4.78 is 47.7. The van der Waals surface area contributed by atoms with Gasteiger partial charge in [-0.3, -0.25) is 4.57 Å². The van der Waals surface area contributed by atoms with Gasteiger partial charge in [0.05, 0.1) is 11.2 Å². The van der Waals surface area contributed by atoms with Crippen LogP contribution in [0.1, 0.15) is 8.22 Å². The van der Waals surface area contributed by atoms with Crippen molar-refractivity contribution in [3.63, 3.8) is 0 Å². The number of hydrogen-bond donors (Lipinski definition) is 0. The smallest absolute Gasteiger partial charge is 0.297 e. The van der Waals surface area contributed by atoms with Crippen LogP contribution in [0.2, 0.25) is 0 Å². The average molecular weight is 276 g/mol. The molecule has 0 aliphatic rings. The predicted octanol–water partition coefficient (Wildman–Crippen LogP) is 1.95. The molecule has 1 aromatic rings. The fourth-order valence-corrected chi connectivity index (χ4v) is 0.994. The minimum Gasteiger partial charge on any atom is -0.468 e. The Morgan fingerprint density at radius 2 is 2.50 bits per heavy atom. The molecular weight excluding hydrogens is 264 g/mol. The van der Waals surface area contributed by atoms with Crippen LogP contribution in [0.5, 0.6) is 6.01 Å². The third kappa shape index (κ3) is 1.20. The molecule has 0 saturated carbocycles. The molecule has 0 atom stereocenters. The van der Waals surface area contributed by atoms with Gasteiger partial charge in [-0.05, 0) is 31.9 Å². The molecule has 3 nitrogen and oxygen atoms in total. The molecule has 0 aliphatic carbocycles. The van der Waals surface area contributed by atoms with Crippen LogP contribution in [0.15, 0.2) is 9.21 Å². The van der Waals surface area contributed by atoms with Gasteiger partial charge in [0.25, 0.3) is 6.01 Å². The molecule has 5 heteroatoms. The zero-order valence-electron chi connectivity index (χ0n) is 10.6. The second-order valence-corrected chi connectivity index (χ2v) is 2.92. The van der Waals surface area contributed by atoms with E-state index in [9.17, 15) is 0 Å². The SMILES string of the molecule is [2H]C([2H])([2H])Oc1nc(Br)c(Br)n1C([2H])([2H])[2H]. The van der Waals surface area contributed by atoms with Crippen molar-refractivity contribution in [3.8, 4) is 6.01 Å². The van der Waals surface area contributed by atoms with Crippen molar-refractivity contribution < 1.29 is 13.0 Å². The average Bonchev–Trinajstić information content (AvgIpc) is 2.21. The van der Waals surface area contributed by atoms with Gasteiger partial charge in [-0.2, -0.15) is 4.98 Å². The van der Waals surface area contributed by atoms with E-state index in [1.165, 1.54) is 0 Å². The van der Waals surface area contributed by atoms with E-state index in [1.807, 2.05) is 0 Å². The summed E-state index contributed by atoms with van der Waals surface area (Å²) in [5, 5.41) is 0. The zero-order chi connectivity index (χ0) is 12.7. The van der Waals surface area contributed by atoms with E-state index in [2.05, 4.69) is 41.6 Å². The number of methoxy groups -OCH3 is 1. The third-order valence-electron chi connectivity index (χ3n) is 0.843. The van der Waals surface area contributed by atoms with Crippen molar-refractivity contribution >= 4 is 31.9 Å². The molecule has 0 N–H and O–H groups in total. The van der Waals surface area contributed by atoms with Crippen LogP contribution in [0.3, 0.4) is 0 Å². The van der Waals surface area contributed by atoms with Gasteiger partial charge in [0.1, 0.15) is 9.21 Å². The van der Waals surface area contributed by atoms with Crippen LogP contribution in [0, 0.1) is 0 Å². The van der Waals surface area contributed by atoms with Crippen LogP contribution in [-0.4, -0.2) is 16.6 Å². The highest BCUT2D eigenvalue weighted by atomic mass is 79.9. The summed E-state index contributed by atoms with van der Waals surface area (Å²) in [4.78, 5) is 3.65. The lowest BCUT2D eigenvalue weighted by Crippen LogP contribution is -1.93. The fraction of sp³-hybridized carbons (Fsp3) is 0.400. The molecule has 0 radical (unpaired) electrons. The lowest BCUT2D eigenvalue weighted by Gasteiger charge is -1.97. The van der Waals surface area contributed by atoms with E-state index < -0.39 is 20.0 Å². The summed E-state index contributed by atoms with van der Waals surface area (Å²) in [5.74, 6) is 0. The van der Waals surface area contributed by atoms with Gasteiger partial charge in [0.15, 0.2) is 0 Å². The highest BCUT2D eigenvalue weighted by molar-refractivity contribution is 9.13. The van der Waals surface area contributed by atoms with Gasteiger partial charge in [0.2, 0.25) is 0 Å². The minimum atomic E-state index is -2.76. The number of imidazole rings is 1. The number of rotatable bonds is 1. The molecule has 10 heavy (non-hydrogen) atoms. The van der Waals surface area contributed by atoms with Crippen molar-refractivity contribution in [3.05, 3.63) is 9.21 Å². The number of aromatic nitrogens is 2. The highest BCUT2D eigenvalue weighted by Crippen LogP contribution is 2.25. The topological polar surface area (TPSA) is 27.1 Å². The van der Waals surface area contributed by atoms with Crippen LogP contribution in [0.25, 0.3) is 0 Å². The van der Waals surface area contributed by atoms with Gasteiger partial charge >= 0.3 is 0 Å². The molecule has 0 saturated heterocycles. The molecule has 0 aromatic carbocycles. The quantitative estimate of drug-likeness (QED) is 0.784. The second-order valence-electron chi connectivity index (χ2n) is 1.41. The fourth-order valence-electron chi connectivity index (χ4n) is 0.425. The molecule has 0 bridgehead atoms. The van der Waals surface area contributed by atoms with E-state index >= 15 is 0 Å². The minimum absolute atomic E-state index is 0.0896. The first-order chi connectivity index (χ1) is 7.02. The molecule has 0 fully saturated rings. The second kappa shape index (κ2) is 2.92. The monoisotopic (exact) mass is 274 g/mol. The Kier molecular flexibility index (Phi) is 0.918. The van der Waals surface area contributed by atoms with Crippen LogP contribution < -0.4 is 4.74 Å². The van der Waals surface area contributed by atoms with Gasteiger partial charge in [-0.25, -0.2) is 0 Å². The number of ether oxygens (including phenoxy) is 1. The van der Waals surface area contributed by atoms with Crippen molar-refractivity contribution in [2.24, 2.45) is 6.98 Å². The van der Waals surface area contributed by atoms with Crippen LogP contribution in [0.4, 0.5) is 0 Å². The van der Waals surface area contributed by atoms with Gasteiger partial charge in [-0.15, -0.1) is 0 Å². The van der Waals surface area contributed by atoms with Gasteiger partial charge < -0.3 is 4.74 Å². The Bertz CT molecular complexity index is 397. The Labute approximate surface area is 84.1 Å². The lowest BCUT2D eigenvalue weighted by molar-refractivity contribution is 0.365. The van der Waals surface area contributed by atoms with Crippen molar-refractivity contribution in [2.45, 2.75) is 0 Å². The van der Waals surface area contributed by atoms with Crippen LogP contribution >= 0.6 is 31.9 Å². The molecule has 1 heterocycles. The first kappa shape index (κ1) is 3.15. The number of hydrogen-bond acceptors (Lipinski definition) is 2. The van der Waals surface area contributed by atoms with E-state index in [4.69, 9.17) is 8.22 Å². The maximum Gasteiger partial charge on any atom is 0.297 e. The Hall–Kier alpha value is -0.0300. The van der Waals surface area contributed by atoms with E-state index in [1.54, 1.807) is 0 Å². The van der Waals surface area contributed by atoms with E-state index in [0.717, 1.165) is 0 Å². The molecule has 1 rings (SSSR count). The molecular formula is C5H6Br2N2O. The first-order valence-corrected chi connectivity index (χ1v) is 3.74. The molecule has 0 amide bonds. The molecule has 0 aliphatic heterocycles. The highest BCUT2D eigenvalue weighted by Gasteiger charge is 2.08. The predicted molar refractivity (Wildman–Crippen MR) is 45.2 cm³/mol. The van der Waals surface area contributed by atoms with E-state index in [-0.39, 0.29) is 9.21 Å². The van der Waals surface area contributed by atoms with Crippen molar-refractivity contribution in [2.75, 3.05) is 7.04 Å². The van der Waals surface area contributed by atoms with Crippen molar-refractivity contribution in [1.82, 2.24) is 9.55 Å². The summed E-state index contributed by atoms with van der Waals surface area (Å²) in [7, 11) is -2.76. The lowest BCUT2D eigenvalue weighted by atomic mass is 10.9. The number of halogens is 2. The molecule has 56 valence electrons. The first-order valence-electron chi connectivity index (χ1n) is 5.15. The largest absolute Gasteiger partial charge is 0.468 e. The molecule has 0 spiro atoms. The molecule has 1 aromatic heterocycles. The number of nitrogens with zero attached hydrogens (tertiary/aromatic N) is 2. The summed E-state index contributed by atoms with van der Waals surface area (Å²) in [6.45, 7) is -2.58. The summed E-state index contributed by atoms with van der Waals surface area (Å²) >= 11 is 5.95. The Morgan fingerprint density at radius 3 is 3.10 bits per heavy atom. The third-order valence-corrected chi connectivity index (χ3v) is 2.66. The normalized spacial score (nSPS) is 21.4. The summed E-state index contributed by atoms with van der Waals surface area (Å²) in [6, 6.07) is -0.501. The Balaban J connectivity index is 3.25.